The SMILES string of the molecule is C[C-](C)C.[CH2-]COCCOCCCC(C)(C)C.[Y]. The van der Waals surface area contributed by atoms with Gasteiger partial charge in [0, 0.05) is 39.3 Å². The van der Waals surface area contributed by atoms with Crippen LogP contribution in [0.2, 0.25) is 0 Å². The van der Waals surface area contributed by atoms with E-state index in [4.69, 9.17) is 9.47 Å². The average Bonchev–Trinajstić information content (AvgIpc) is 2.14. The van der Waals surface area contributed by atoms with Crippen molar-refractivity contribution in [3.63, 3.8) is 0 Å². The van der Waals surface area contributed by atoms with Gasteiger partial charge < -0.3 is 22.3 Å². The van der Waals surface area contributed by atoms with Gasteiger partial charge in [0.15, 0.2) is 0 Å². The van der Waals surface area contributed by atoms with Gasteiger partial charge in [-0.2, -0.15) is 20.8 Å². The van der Waals surface area contributed by atoms with Gasteiger partial charge in [-0.3, -0.25) is 0 Å². The van der Waals surface area contributed by atoms with E-state index in [0.29, 0.717) is 25.2 Å². The van der Waals surface area contributed by atoms with Crippen LogP contribution in [-0.2, 0) is 42.2 Å². The van der Waals surface area contributed by atoms with Crippen LogP contribution in [-0.4, -0.2) is 26.4 Å². The molecule has 0 amide bonds. The van der Waals surface area contributed by atoms with Crippen LogP contribution in [0.3, 0.4) is 0 Å². The van der Waals surface area contributed by atoms with Crippen LogP contribution in [0.25, 0.3) is 0 Å². The fraction of sp³-hybridized carbons (Fsp3) is 0.867. The number of hydrogen-bond acceptors (Lipinski definition) is 2. The first-order chi connectivity index (χ1) is 7.79. The second kappa shape index (κ2) is 16.1. The van der Waals surface area contributed by atoms with E-state index in [1.807, 2.05) is 0 Å². The molecule has 0 spiro atoms. The van der Waals surface area contributed by atoms with E-state index in [-0.39, 0.29) is 32.7 Å². The van der Waals surface area contributed by atoms with Crippen molar-refractivity contribution in [3.05, 3.63) is 12.8 Å². The Morgan fingerprint density at radius 1 is 0.944 bits per heavy atom. The van der Waals surface area contributed by atoms with Crippen LogP contribution >= 0.6 is 0 Å². The van der Waals surface area contributed by atoms with Crippen molar-refractivity contribution < 1.29 is 42.2 Å². The molecule has 0 saturated carbocycles. The summed E-state index contributed by atoms with van der Waals surface area (Å²) in [5, 5.41) is 0. The van der Waals surface area contributed by atoms with Gasteiger partial charge in [0.2, 0.25) is 0 Å². The number of rotatable bonds is 7. The Labute approximate surface area is 140 Å². The zero-order valence-electron chi connectivity index (χ0n) is 13.3. The maximum atomic E-state index is 5.38. The fourth-order valence-electron chi connectivity index (χ4n) is 1.03. The van der Waals surface area contributed by atoms with Crippen molar-refractivity contribution in [2.45, 2.75) is 54.4 Å². The molecule has 109 valence electrons. The van der Waals surface area contributed by atoms with E-state index < -0.39 is 0 Å². The van der Waals surface area contributed by atoms with Crippen molar-refractivity contribution in [2.24, 2.45) is 5.41 Å². The van der Waals surface area contributed by atoms with Crippen LogP contribution in [0, 0.1) is 18.3 Å². The third-order valence-corrected chi connectivity index (χ3v) is 1.73. The molecule has 0 aliphatic heterocycles. The van der Waals surface area contributed by atoms with E-state index in [9.17, 15) is 0 Å². The molecule has 0 atom stereocenters. The molecule has 0 rings (SSSR count). The second-order valence-electron chi connectivity index (χ2n) is 5.89. The van der Waals surface area contributed by atoms with Gasteiger partial charge in [-0.1, -0.05) is 27.4 Å². The Morgan fingerprint density at radius 2 is 1.39 bits per heavy atom. The summed E-state index contributed by atoms with van der Waals surface area (Å²) < 4.78 is 10.4. The van der Waals surface area contributed by atoms with Crippen LogP contribution in [0.1, 0.15) is 54.4 Å². The minimum Gasteiger partial charge on any atom is -0.411 e. The zero-order valence-corrected chi connectivity index (χ0v) is 16.2. The van der Waals surface area contributed by atoms with E-state index >= 15 is 0 Å². The van der Waals surface area contributed by atoms with Gasteiger partial charge >= 0.3 is 0 Å². The Morgan fingerprint density at radius 3 is 1.78 bits per heavy atom. The van der Waals surface area contributed by atoms with Crippen molar-refractivity contribution >= 4 is 0 Å². The molecule has 0 saturated heterocycles. The van der Waals surface area contributed by atoms with E-state index in [2.05, 4.69) is 48.5 Å². The first kappa shape index (κ1) is 24.1. The molecule has 0 aromatic carbocycles. The molecule has 0 unspecified atom stereocenters. The molecule has 0 aromatic rings. The Hall–Kier alpha value is 1.02. The Kier molecular flexibility index (Phi) is 21.5. The largest absolute Gasteiger partial charge is 0.411 e. The molecule has 0 heterocycles. The predicted molar refractivity (Wildman–Crippen MR) is 75.9 cm³/mol. The van der Waals surface area contributed by atoms with Crippen LogP contribution in [0.4, 0.5) is 0 Å². The normalized spacial score (nSPS) is 10.7. The first-order valence-electron chi connectivity index (χ1n) is 6.51. The minimum absolute atomic E-state index is 0. The van der Waals surface area contributed by atoms with Gasteiger partial charge in [0.05, 0.1) is 13.2 Å². The third-order valence-electron chi connectivity index (χ3n) is 1.73. The monoisotopic (exact) mass is 333 g/mol. The molecule has 0 N–H and O–H groups in total. The van der Waals surface area contributed by atoms with Crippen molar-refractivity contribution in [2.75, 3.05) is 26.4 Å². The van der Waals surface area contributed by atoms with E-state index in [1.54, 1.807) is 0 Å². The summed E-state index contributed by atoms with van der Waals surface area (Å²) in [5.74, 6) is 1.42. The quantitative estimate of drug-likeness (QED) is 0.511. The van der Waals surface area contributed by atoms with Crippen LogP contribution < -0.4 is 0 Å². The Balaban J connectivity index is -0.000000392. The molecule has 1 radical (unpaired) electrons. The summed E-state index contributed by atoms with van der Waals surface area (Å²) in [6.45, 7) is 19.3. The summed E-state index contributed by atoms with van der Waals surface area (Å²) in [5.41, 5.74) is 0.424. The smallest absolute Gasteiger partial charge is 0.0699 e. The van der Waals surface area contributed by atoms with Gasteiger partial charge in [0.1, 0.15) is 0 Å². The minimum atomic E-state index is 0. The molecule has 3 heteroatoms. The van der Waals surface area contributed by atoms with Crippen LogP contribution in [0.15, 0.2) is 0 Å². The predicted octanol–water partition coefficient (Wildman–Crippen LogP) is 4.30. The Bertz CT molecular complexity index is 139. The van der Waals surface area contributed by atoms with Crippen LogP contribution in [0.5, 0.6) is 0 Å². The van der Waals surface area contributed by atoms with Gasteiger partial charge in [-0.05, 0) is 18.3 Å². The van der Waals surface area contributed by atoms with Crippen molar-refractivity contribution in [3.8, 4) is 0 Å². The standard InChI is InChI=1S/C11H23O2.C4H9.Y/c1-5-12-9-10-13-8-6-7-11(2,3)4;1-4(2)3;/h1,5-10H2,2-4H3;1-3H3;/q2*-1;. The van der Waals surface area contributed by atoms with E-state index in [0.717, 1.165) is 13.0 Å². The van der Waals surface area contributed by atoms with Crippen molar-refractivity contribution in [1.82, 2.24) is 0 Å². The number of ether oxygens (including phenoxy) is 2. The zero-order chi connectivity index (χ0) is 13.7. The summed E-state index contributed by atoms with van der Waals surface area (Å²) in [6, 6.07) is 0. The first-order valence-corrected chi connectivity index (χ1v) is 6.51. The molecule has 0 bridgehead atoms. The maximum Gasteiger partial charge on any atom is 0.0699 e. The summed E-state index contributed by atoms with van der Waals surface area (Å²) in [4.78, 5) is 0. The van der Waals surface area contributed by atoms with Gasteiger partial charge in [-0.25, -0.2) is 0 Å². The molecule has 0 fully saturated rings. The summed E-state index contributed by atoms with van der Waals surface area (Å²) in [7, 11) is 0. The third kappa shape index (κ3) is 36.0. The molecule has 0 aromatic heterocycles. The number of hydrogen-bond donors (Lipinski definition) is 0. The average molecular weight is 333 g/mol. The molecular formula is C15H32O2Y-2. The fourth-order valence-corrected chi connectivity index (χ4v) is 1.03. The van der Waals surface area contributed by atoms with Gasteiger partial charge in [-0.15, -0.1) is 0 Å². The van der Waals surface area contributed by atoms with Gasteiger partial charge in [0.25, 0.3) is 0 Å². The van der Waals surface area contributed by atoms with E-state index in [1.165, 1.54) is 12.3 Å². The molecule has 18 heavy (non-hydrogen) atoms. The molecule has 2 nitrogen and oxygen atoms in total. The molecule has 0 aliphatic carbocycles. The van der Waals surface area contributed by atoms with Crippen molar-refractivity contribution in [1.29, 1.82) is 0 Å². The molecular weight excluding hydrogens is 301 g/mol. The summed E-state index contributed by atoms with van der Waals surface area (Å²) >= 11 is 0. The summed E-state index contributed by atoms with van der Waals surface area (Å²) in [6.07, 6.45) is 2.34. The second-order valence-corrected chi connectivity index (χ2v) is 5.89. The topological polar surface area (TPSA) is 18.5 Å². The maximum absolute atomic E-state index is 5.38. The molecule has 0 aliphatic rings.